The van der Waals surface area contributed by atoms with Crippen LogP contribution >= 0.6 is 0 Å². The molecule has 2 amide bonds. The molecule has 2 unspecified atom stereocenters. The maximum absolute atomic E-state index is 13.0. The van der Waals surface area contributed by atoms with Crippen LogP contribution in [0.2, 0.25) is 0 Å². The maximum atomic E-state index is 13.0. The van der Waals surface area contributed by atoms with Crippen LogP contribution in [0.1, 0.15) is 25.0 Å². The molecule has 172 valence electrons. The summed E-state index contributed by atoms with van der Waals surface area (Å²) in [7, 11) is 0. The van der Waals surface area contributed by atoms with Crippen molar-refractivity contribution in [2.75, 3.05) is 26.2 Å². The van der Waals surface area contributed by atoms with Gasteiger partial charge in [-0.2, -0.15) is 0 Å². The van der Waals surface area contributed by atoms with Gasteiger partial charge in [0.1, 0.15) is 11.6 Å². The third-order valence-electron chi connectivity index (χ3n) is 5.96. The Morgan fingerprint density at radius 1 is 0.719 bits per heavy atom. The third kappa shape index (κ3) is 6.58. The predicted octanol–water partition coefficient (Wildman–Crippen LogP) is 2.29. The number of nitrogens with zero attached hydrogens (tertiary/aromatic N) is 2. The maximum Gasteiger partial charge on any atom is 0.237 e. The first-order valence-electron chi connectivity index (χ1n) is 10.9. The molecule has 3 rings (SSSR count). The van der Waals surface area contributed by atoms with E-state index in [2.05, 4.69) is 20.4 Å². The number of halogens is 2. The van der Waals surface area contributed by atoms with E-state index in [0.717, 1.165) is 11.1 Å². The first-order chi connectivity index (χ1) is 15.3. The van der Waals surface area contributed by atoms with Crippen molar-refractivity contribution in [3.8, 4) is 0 Å². The highest BCUT2D eigenvalue weighted by Crippen LogP contribution is 2.11. The lowest BCUT2D eigenvalue weighted by Gasteiger charge is -2.39. The topological polar surface area (TPSA) is 64.7 Å². The molecular formula is C24H30F2N4O2. The highest BCUT2D eigenvalue weighted by Gasteiger charge is 2.29. The Labute approximate surface area is 187 Å². The zero-order valence-electron chi connectivity index (χ0n) is 18.5. The monoisotopic (exact) mass is 444 g/mol. The van der Waals surface area contributed by atoms with E-state index in [4.69, 9.17) is 0 Å². The first kappa shape index (κ1) is 23.8. The van der Waals surface area contributed by atoms with E-state index in [0.29, 0.717) is 39.3 Å². The molecule has 0 bridgehead atoms. The SMILES string of the molecule is CC(C(=O)NCc1ccc(F)cc1)N1CCN(C(C)C(=O)NCc2ccc(F)cc2)CC1. The van der Waals surface area contributed by atoms with E-state index in [1.807, 2.05) is 13.8 Å². The molecule has 0 aromatic heterocycles. The molecule has 1 fully saturated rings. The van der Waals surface area contributed by atoms with Crippen molar-refractivity contribution in [3.63, 3.8) is 0 Å². The van der Waals surface area contributed by atoms with Gasteiger partial charge in [-0.25, -0.2) is 8.78 Å². The van der Waals surface area contributed by atoms with Crippen LogP contribution in [0.5, 0.6) is 0 Å². The van der Waals surface area contributed by atoms with Crippen LogP contribution < -0.4 is 10.6 Å². The molecule has 32 heavy (non-hydrogen) atoms. The fourth-order valence-corrected chi connectivity index (χ4v) is 3.72. The zero-order chi connectivity index (χ0) is 23.1. The van der Waals surface area contributed by atoms with Crippen LogP contribution in [0.3, 0.4) is 0 Å². The van der Waals surface area contributed by atoms with Crippen molar-refractivity contribution >= 4 is 11.8 Å². The molecule has 2 atom stereocenters. The largest absolute Gasteiger partial charge is 0.351 e. The molecule has 2 N–H and O–H groups in total. The molecule has 1 aliphatic rings. The van der Waals surface area contributed by atoms with Crippen LogP contribution in [0.4, 0.5) is 8.78 Å². The number of piperazine rings is 1. The van der Waals surface area contributed by atoms with Crippen molar-refractivity contribution in [2.45, 2.75) is 39.0 Å². The number of nitrogens with one attached hydrogen (secondary N) is 2. The summed E-state index contributed by atoms with van der Waals surface area (Å²) in [6, 6.07) is 11.5. The van der Waals surface area contributed by atoms with Gasteiger partial charge in [-0.05, 0) is 49.2 Å². The standard InChI is InChI=1S/C24H30F2N4O2/c1-17(23(31)27-15-19-3-7-21(25)8-4-19)29-11-13-30(14-12-29)18(2)24(32)28-16-20-5-9-22(26)10-6-20/h3-10,17-18H,11-16H2,1-2H3,(H,27,31)(H,28,32). The van der Waals surface area contributed by atoms with Crippen molar-refractivity contribution < 1.29 is 18.4 Å². The van der Waals surface area contributed by atoms with Gasteiger partial charge in [-0.3, -0.25) is 19.4 Å². The molecule has 0 saturated carbocycles. The van der Waals surface area contributed by atoms with Gasteiger partial charge >= 0.3 is 0 Å². The average Bonchev–Trinajstić information content (AvgIpc) is 2.82. The minimum Gasteiger partial charge on any atom is -0.351 e. The van der Waals surface area contributed by atoms with Crippen molar-refractivity contribution in [3.05, 3.63) is 71.3 Å². The lowest BCUT2D eigenvalue weighted by Crippen LogP contribution is -2.57. The summed E-state index contributed by atoms with van der Waals surface area (Å²) in [4.78, 5) is 29.2. The minimum absolute atomic E-state index is 0.0761. The molecule has 2 aromatic rings. The fourth-order valence-electron chi connectivity index (χ4n) is 3.72. The summed E-state index contributed by atoms with van der Waals surface area (Å²) in [5, 5.41) is 5.80. The van der Waals surface area contributed by atoms with Gasteiger partial charge in [0.15, 0.2) is 0 Å². The highest BCUT2D eigenvalue weighted by molar-refractivity contribution is 5.82. The summed E-state index contributed by atoms with van der Waals surface area (Å²) in [5.74, 6) is -0.755. The van der Waals surface area contributed by atoms with Crippen LogP contribution in [0.25, 0.3) is 0 Å². The molecule has 1 aliphatic heterocycles. The highest BCUT2D eigenvalue weighted by atomic mass is 19.1. The van der Waals surface area contributed by atoms with Crippen LogP contribution in [-0.2, 0) is 22.7 Å². The van der Waals surface area contributed by atoms with E-state index in [-0.39, 0.29) is 35.5 Å². The van der Waals surface area contributed by atoms with Gasteiger partial charge in [0.25, 0.3) is 0 Å². The normalized spacial score (nSPS) is 16.9. The van der Waals surface area contributed by atoms with Gasteiger partial charge in [0.2, 0.25) is 11.8 Å². The molecule has 1 heterocycles. The number of benzene rings is 2. The Morgan fingerprint density at radius 2 is 1.03 bits per heavy atom. The summed E-state index contributed by atoms with van der Waals surface area (Å²) in [6.07, 6.45) is 0. The number of hydrogen-bond acceptors (Lipinski definition) is 4. The predicted molar refractivity (Wildman–Crippen MR) is 119 cm³/mol. The lowest BCUT2D eigenvalue weighted by atomic mass is 10.1. The fraction of sp³-hybridized carbons (Fsp3) is 0.417. The minimum atomic E-state index is -0.301. The Balaban J connectivity index is 1.40. The van der Waals surface area contributed by atoms with E-state index in [9.17, 15) is 18.4 Å². The summed E-state index contributed by atoms with van der Waals surface area (Å²) >= 11 is 0. The molecule has 1 saturated heterocycles. The number of rotatable bonds is 8. The molecule has 2 aromatic carbocycles. The Bertz CT molecular complexity index is 822. The van der Waals surface area contributed by atoms with Crippen molar-refractivity contribution in [1.82, 2.24) is 20.4 Å². The molecule has 0 radical (unpaired) electrons. The molecule has 0 spiro atoms. The van der Waals surface area contributed by atoms with Crippen LogP contribution in [-0.4, -0.2) is 59.9 Å². The zero-order valence-corrected chi connectivity index (χ0v) is 18.5. The second-order valence-electron chi connectivity index (χ2n) is 8.11. The molecule has 8 heteroatoms. The van der Waals surface area contributed by atoms with E-state index in [1.165, 1.54) is 24.3 Å². The lowest BCUT2D eigenvalue weighted by molar-refractivity contribution is -0.130. The number of amides is 2. The summed E-state index contributed by atoms with van der Waals surface area (Å²) in [5.41, 5.74) is 1.69. The van der Waals surface area contributed by atoms with Crippen LogP contribution in [0.15, 0.2) is 48.5 Å². The smallest absolute Gasteiger partial charge is 0.237 e. The molecule has 6 nitrogen and oxygen atoms in total. The van der Waals surface area contributed by atoms with Crippen LogP contribution in [0, 0.1) is 11.6 Å². The number of carbonyl (C=O) groups excluding carboxylic acids is 2. The van der Waals surface area contributed by atoms with Crippen molar-refractivity contribution in [2.24, 2.45) is 0 Å². The van der Waals surface area contributed by atoms with Gasteiger partial charge in [0, 0.05) is 39.3 Å². The number of hydrogen-bond donors (Lipinski definition) is 2. The second kappa shape index (κ2) is 11.2. The molecule has 0 aliphatic carbocycles. The van der Waals surface area contributed by atoms with Gasteiger partial charge in [-0.15, -0.1) is 0 Å². The second-order valence-corrected chi connectivity index (χ2v) is 8.11. The average molecular weight is 445 g/mol. The Kier molecular flexibility index (Phi) is 8.30. The van der Waals surface area contributed by atoms with E-state index in [1.54, 1.807) is 24.3 Å². The van der Waals surface area contributed by atoms with Gasteiger partial charge in [0.05, 0.1) is 12.1 Å². The number of carbonyl (C=O) groups is 2. The van der Waals surface area contributed by atoms with E-state index >= 15 is 0 Å². The Morgan fingerprint density at radius 3 is 1.34 bits per heavy atom. The summed E-state index contributed by atoms with van der Waals surface area (Å²) in [6.45, 7) is 7.18. The summed E-state index contributed by atoms with van der Waals surface area (Å²) < 4.78 is 26.0. The van der Waals surface area contributed by atoms with E-state index < -0.39 is 0 Å². The quantitative estimate of drug-likeness (QED) is 0.656. The third-order valence-corrected chi connectivity index (χ3v) is 5.96. The molecular weight excluding hydrogens is 414 g/mol. The Hall–Kier alpha value is -2.84. The first-order valence-corrected chi connectivity index (χ1v) is 10.9. The van der Waals surface area contributed by atoms with Crippen molar-refractivity contribution in [1.29, 1.82) is 0 Å². The van der Waals surface area contributed by atoms with Gasteiger partial charge < -0.3 is 10.6 Å². The van der Waals surface area contributed by atoms with Gasteiger partial charge in [-0.1, -0.05) is 24.3 Å².